The van der Waals surface area contributed by atoms with E-state index in [1.54, 1.807) is 0 Å². The molecule has 0 bridgehead atoms. The standard InChI is InChI=1S/C7H15NO3S/c1-4-8(12(9)10)6-7(3)11-5-2/h4,7H,1,5-6H2,2-3H3,(H,9,10)/t7-/m0/s1. The summed E-state index contributed by atoms with van der Waals surface area (Å²) >= 11 is -1.99. The SMILES string of the molecule is C=CN(C[C@H](C)OCC)S(=O)O. The first-order chi connectivity index (χ1) is 5.61. The minimum atomic E-state index is -1.99. The van der Waals surface area contributed by atoms with Gasteiger partial charge in [-0.05, 0) is 13.8 Å². The minimum absolute atomic E-state index is 0.0656. The van der Waals surface area contributed by atoms with Gasteiger partial charge in [0, 0.05) is 12.8 Å². The molecule has 0 aromatic heterocycles. The molecule has 12 heavy (non-hydrogen) atoms. The van der Waals surface area contributed by atoms with Crippen LogP contribution in [0.1, 0.15) is 13.8 Å². The molecule has 72 valence electrons. The fraction of sp³-hybridized carbons (Fsp3) is 0.714. The molecule has 0 aromatic carbocycles. The predicted molar refractivity (Wildman–Crippen MR) is 48.8 cm³/mol. The van der Waals surface area contributed by atoms with Gasteiger partial charge in [-0.25, -0.2) is 4.21 Å². The van der Waals surface area contributed by atoms with E-state index in [1.807, 2.05) is 13.8 Å². The molecule has 1 unspecified atom stereocenters. The zero-order valence-electron chi connectivity index (χ0n) is 7.40. The van der Waals surface area contributed by atoms with Gasteiger partial charge in [0.05, 0.1) is 12.6 Å². The fourth-order valence-electron chi connectivity index (χ4n) is 0.793. The maximum atomic E-state index is 10.6. The highest BCUT2D eigenvalue weighted by Gasteiger charge is 2.09. The van der Waals surface area contributed by atoms with Crippen molar-refractivity contribution in [2.45, 2.75) is 20.0 Å². The normalized spacial score (nSPS) is 15.2. The summed E-state index contributed by atoms with van der Waals surface area (Å²) in [5.74, 6) is 0. The maximum absolute atomic E-state index is 10.6. The molecule has 0 aromatic rings. The van der Waals surface area contributed by atoms with Crippen LogP contribution >= 0.6 is 0 Å². The topological polar surface area (TPSA) is 49.8 Å². The predicted octanol–water partition coefficient (Wildman–Crippen LogP) is 0.994. The van der Waals surface area contributed by atoms with Crippen molar-refractivity contribution in [1.82, 2.24) is 4.31 Å². The first-order valence-corrected chi connectivity index (χ1v) is 4.80. The average molecular weight is 193 g/mol. The van der Waals surface area contributed by atoms with Crippen LogP contribution in [0.3, 0.4) is 0 Å². The third-order valence-electron chi connectivity index (χ3n) is 1.29. The van der Waals surface area contributed by atoms with E-state index in [4.69, 9.17) is 9.29 Å². The summed E-state index contributed by atoms with van der Waals surface area (Å²) < 4.78 is 25.7. The molecule has 0 aliphatic rings. The number of hydrogen-bond donors (Lipinski definition) is 1. The smallest absolute Gasteiger partial charge is 0.261 e. The third kappa shape index (κ3) is 4.48. The van der Waals surface area contributed by atoms with Crippen LogP contribution in [0, 0.1) is 0 Å². The van der Waals surface area contributed by atoms with Crippen LogP contribution < -0.4 is 0 Å². The number of ether oxygens (including phenoxy) is 1. The van der Waals surface area contributed by atoms with E-state index in [1.165, 1.54) is 10.5 Å². The molecule has 4 nitrogen and oxygen atoms in total. The van der Waals surface area contributed by atoms with Gasteiger partial charge in [0.15, 0.2) is 0 Å². The molecular weight excluding hydrogens is 178 g/mol. The van der Waals surface area contributed by atoms with Crippen LogP contribution in [-0.4, -0.2) is 32.3 Å². The molecule has 0 saturated carbocycles. The summed E-state index contributed by atoms with van der Waals surface area (Å²) in [6.45, 7) is 8.11. The van der Waals surface area contributed by atoms with Gasteiger partial charge >= 0.3 is 0 Å². The molecule has 0 saturated heterocycles. The number of hydrogen-bond acceptors (Lipinski definition) is 2. The van der Waals surface area contributed by atoms with E-state index in [0.29, 0.717) is 13.2 Å². The first-order valence-electron chi connectivity index (χ1n) is 3.73. The first kappa shape index (κ1) is 11.6. The van der Waals surface area contributed by atoms with Gasteiger partial charge in [-0.1, -0.05) is 6.58 Å². The van der Waals surface area contributed by atoms with Crippen LogP contribution in [0.2, 0.25) is 0 Å². The van der Waals surface area contributed by atoms with Crippen LogP contribution in [-0.2, 0) is 16.0 Å². The molecule has 0 aliphatic carbocycles. The Hall–Kier alpha value is -0.390. The van der Waals surface area contributed by atoms with Gasteiger partial charge in [0.1, 0.15) is 0 Å². The van der Waals surface area contributed by atoms with E-state index in [9.17, 15) is 4.21 Å². The number of rotatable bonds is 6. The van der Waals surface area contributed by atoms with Crippen LogP contribution in [0.4, 0.5) is 0 Å². The monoisotopic (exact) mass is 193 g/mol. The number of nitrogens with zero attached hydrogens (tertiary/aromatic N) is 1. The quantitative estimate of drug-likeness (QED) is 0.640. The largest absolute Gasteiger partial charge is 0.377 e. The lowest BCUT2D eigenvalue weighted by atomic mass is 10.4. The van der Waals surface area contributed by atoms with Crippen LogP contribution in [0.15, 0.2) is 12.8 Å². The highest BCUT2D eigenvalue weighted by molar-refractivity contribution is 7.76. The van der Waals surface area contributed by atoms with Crippen molar-refractivity contribution >= 4 is 11.3 Å². The Morgan fingerprint density at radius 3 is 2.75 bits per heavy atom. The van der Waals surface area contributed by atoms with Crippen LogP contribution in [0.5, 0.6) is 0 Å². The molecule has 1 N–H and O–H groups in total. The van der Waals surface area contributed by atoms with E-state index in [2.05, 4.69) is 6.58 Å². The Morgan fingerprint density at radius 1 is 1.83 bits per heavy atom. The Kier molecular flexibility index (Phi) is 5.96. The summed E-state index contributed by atoms with van der Waals surface area (Å²) in [5.41, 5.74) is 0. The van der Waals surface area contributed by atoms with E-state index in [-0.39, 0.29) is 6.10 Å². The molecule has 0 fully saturated rings. The lowest BCUT2D eigenvalue weighted by Gasteiger charge is -2.19. The van der Waals surface area contributed by atoms with Crippen molar-refractivity contribution in [3.8, 4) is 0 Å². The molecule has 2 atom stereocenters. The second kappa shape index (κ2) is 6.16. The summed E-state index contributed by atoms with van der Waals surface area (Å²) in [6.07, 6.45) is 1.26. The minimum Gasteiger partial charge on any atom is -0.377 e. The second-order valence-corrected chi connectivity index (χ2v) is 3.21. The molecular formula is C7H15NO3S. The Balaban J connectivity index is 3.85. The zero-order chi connectivity index (χ0) is 9.56. The Bertz CT molecular complexity index is 163. The molecule has 0 amide bonds. The van der Waals surface area contributed by atoms with Crippen molar-refractivity contribution < 1.29 is 13.5 Å². The van der Waals surface area contributed by atoms with Crippen molar-refractivity contribution in [2.75, 3.05) is 13.2 Å². The molecule has 0 aliphatic heterocycles. The van der Waals surface area contributed by atoms with Gasteiger partial charge in [0.25, 0.3) is 11.3 Å². The highest BCUT2D eigenvalue weighted by Crippen LogP contribution is 1.98. The van der Waals surface area contributed by atoms with E-state index in [0.717, 1.165) is 0 Å². The van der Waals surface area contributed by atoms with Crippen molar-refractivity contribution in [3.05, 3.63) is 12.8 Å². The van der Waals surface area contributed by atoms with Gasteiger partial charge in [0.2, 0.25) is 0 Å². The Morgan fingerprint density at radius 2 is 2.42 bits per heavy atom. The molecule has 0 radical (unpaired) electrons. The summed E-state index contributed by atoms with van der Waals surface area (Å²) in [7, 11) is 0. The van der Waals surface area contributed by atoms with Crippen molar-refractivity contribution in [2.24, 2.45) is 0 Å². The third-order valence-corrected chi connectivity index (χ3v) is 1.99. The molecule has 0 rings (SSSR count). The van der Waals surface area contributed by atoms with Crippen molar-refractivity contribution in [1.29, 1.82) is 0 Å². The fourth-order valence-corrected chi connectivity index (χ4v) is 1.26. The summed E-state index contributed by atoms with van der Waals surface area (Å²) in [4.78, 5) is 0. The van der Waals surface area contributed by atoms with Gasteiger partial charge in [-0.15, -0.1) is 0 Å². The summed E-state index contributed by atoms with van der Waals surface area (Å²) in [6, 6.07) is 0. The molecule has 5 heteroatoms. The second-order valence-electron chi connectivity index (χ2n) is 2.28. The highest BCUT2D eigenvalue weighted by atomic mass is 32.2. The maximum Gasteiger partial charge on any atom is 0.261 e. The molecule has 0 spiro atoms. The Labute approximate surface area is 75.6 Å². The van der Waals surface area contributed by atoms with Gasteiger partial charge in [-0.2, -0.15) is 0 Å². The lowest BCUT2D eigenvalue weighted by Crippen LogP contribution is -2.29. The van der Waals surface area contributed by atoms with E-state index < -0.39 is 11.3 Å². The lowest BCUT2D eigenvalue weighted by molar-refractivity contribution is 0.0678. The van der Waals surface area contributed by atoms with Crippen LogP contribution in [0.25, 0.3) is 0 Å². The van der Waals surface area contributed by atoms with Gasteiger partial charge < -0.3 is 4.74 Å². The zero-order valence-corrected chi connectivity index (χ0v) is 8.21. The van der Waals surface area contributed by atoms with Gasteiger partial charge in [-0.3, -0.25) is 8.86 Å². The average Bonchev–Trinajstić information content (AvgIpc) is 2.00. The van der Waals surface area contributed by atoms with E-state index >= 15 is 0 Å². The molecule has 0 heterocycles. The van der Waals surface area contributed by atoms with Crippen molar-refractivity contribution in [3.63, 3.8) is 0 Å². The summed E-state index contributed by atoms with van der Waals surface area (Å²) in [5, 5.41) is 0.